The third-order valence-electron chi connectivity index (χ3n) is 2.13. The van der Waals surface area contributed by atoms with Crippen LogP contribution in [-0.4, -0.2) is 14.8 Å². The molecule has 0 N–H and O–H groups in total. The van der Waals surface area contributed by atoms with E-state index in [0.717, 1.165) is 17.7 Å². The van der Waals surface area contributed by atoms with E-state index >= 15 is 0 Å². The molecule has 72 valence electrons. The highest BCUT2D eigenvalue weighted by molar-refractivity contribution is 6.30. The van der Waals surface area contributed by atoms with Crippen LogP contribution < -0.4 is 0 Å². The van der Waals surface area contributed by atoms with Gasteiger partial charge in [0.2, 0.25) is 0 Å². The molecule has 2 rings (SSSR count). The molecule has 0 saturated heterocycles. The summed E-state index contributed by atoms with van der Waals surface area (Å²) in [6.07, 6.45) is 4.23. The van der Waals surface area contributed by atoms with Gasteiger partial charge in [0.1, 0.15) is 5.15 Å². The Hall–Kier alpha value is -1.35. The zero-order valence-corrected chi connectivity index (χ0v) is 8.57. The van der Waals surface area contributed by atoms with Crippen LogP contribution in [0, 0.1) is 0 Å². The second-order valence-corrected chi connectivity index (χ2v) is 3.43. The number of aromatic nitrogens is 3. The SMILES string of the molecule is Cn1nccc1Cc1cccnc1Cl. The lowest BCUT2D eigenvalue weighted by Crippen LogP contribution is -1.99. The Bertz CT molecular complexity index is 436. The second-order valence-electron chi connectivity index (χ2n) is 3.08. The van der Waals surface area contributed by atoms with Crippen molar-refractivity contribution in [2.75, 3.05) is 0 Å². The van der Waals surface area contributed by atoms with Gasteiger partial charge in [0.15, 0.2) is 0 Å². The maximum Gasteiger partial charge on any atom is 0.132 e. The Morgan fingerprint density at radius 1 is 1.36 bits per heavy atom. The molecular formula is C10H10ClN3. The van der Waals surface area contributed by atoms with Crippen LogP contribution in [-0.2, 0) is 13.5 Å². The van der Waals surface area contributed by atoms with Gasteiger partial charge in [-0.05, 0) is 17.7 Å². The molecule has 0 amide bonds. The quantitative estimate of drug-likeness (QED) is 0.706. The van der Waals surface area contributed by atoms with Crippen LogP contribution in [0.2, 0.25) is 5.15 Å². The average Bonchev–Trinajstić information content (AvgIpc) is 2.56. The van der Waals surface area contributed by atoms with Crippen molar-refractivity contribution < 1.29 is 0 Å². The minimum Gasteiger partial charge on any atom is -0.272 e. The summed E-state index contributed by atoms with van der Waals surface area (Å²) in [7, 11) is 1.92. The summed E-state index contributed by atoms with van der Waals surface area (Å²) in [5, 5.41) is 4.66. The number of pyridine rings is 1. The molecule has 0 aliphatic rings. The zero-order chi connectivity index (χ0) is 9.97. The molecule has 0 aromatic carbocycles. The van der Waals surface area contributed by atoms with Gasteiger partial charge in [-0.2, -0.15) is 5.10 Å². The molecule has 4 heteroatoms. The summed E-state index contributed by atoms with van der Waals surface area (Å²) in [4.78, 5) is 4.03. The lowest BCUT2D eigenvalue weighted by molar-refractivity contribution is 0.724. The monoisotopic (exact) mass is 207 g/mol. The van der Waals surface area contributed by atoms with Crippen LogP contribution in [0.4, 0.5) is 0 Å². The zero-order valence-electron chi connectivity index (χ0n) is 7.81. The van der Waals surface area contributed by atoms with Crippen LogP contribution in [0.15, 0.2) is 30.6 Å². The molecular weight excluding hydrogens is 198 g/mol. The number of hydrogen-bond donors (Lipinski definition) is 0. The third-order valence-corrected chi connectivity index (χ3v) is 2.47. The third kappa shape index (κ3) is 1.77. The lowest BCUT2D eigenvalue weighted by atomic mass is 10.1. The predicted octanol–water partition coefficient (Wildman–Crippen LogP) is 2.06. The van der Waals surface area contributed by atoms with Gasteiger partial charge in [0, 0.05) is 31.6 Å². The highest BCUT2D eigenvalue weighted by Crippen LogP contribution is 2.15. The summed E-state index contributed by atoms with van der Waals surface area (Å²) >= 11 is 5.95. The van der Waals surface area contributed by atoms with E-state index in [0.29, 0.717) is 5.15 Å². The van der Waals surface area contributed by atoms with Crippen LogP contribution in [0.5, 0.6) is 0 Å². The summed E-state index contributed by atoms with van der Waals surface area (Å²) in [5.41, 5.74) is 2.15. The van der Waals surface area contributed by atoms with E-state index in [2.05, 4.69) is 10.1 Å². The van der Waals surface area contributed by atoms with Gasteiger partial charge < -0.3 is 0 Å². The first-order valence-corrected chi connectivity index (χ1v) is 4.71. The van der Waals surface area contributed by atoms with E-state index in [4.69, 9.17) is 11.6 Å². The average molecular weight is 208 g/mol. The molecule has 0 aliphatic carbocycles. The van der Waals surface area contributed by atoms with Gasteiger partial charge in [-0.3, -0.25) is 4.68 Å². The Morgan fingerprint density at radius 2 is 2.21 bits per heavy atom. The molecule has 14 heavy (non-hydrogen) atoms. The van der Waals surface area contributed by atoms with Crippen molar-refractivity contribution in [3.63, 3.8) is 0 Å². The van der Waals surface area contributed by atoms with Gasteiger partial charge in [-0.25, -0.2) is 4.98 Å². The molecule has 0 fully saturated rings. The smallest absolute Gasteiger partial charge is 0.132 e. The Labute approximate surface area is 87.3 Å². The van der Waals surface area contributed by atoms with Gasteiger partial charge in [0.25, 0.3) is 0 Å². The van der Waals surface area contributed by atoms with E-state index in [9.17, 15) is 0 Å². The number of aryl methyl sites for hydroxylation is 1. The second kappa shape index (κ2) is 3.80. The molecule has 0 radical (unpaired) electrons. The molecule has 0 unspecified atom stereocenters. The molecule has 0 bridgehead atoms. The fraction of sp³-hybridized carbons (Fsp3) is 0.200. The van der Waals surface area contributed by atoms with Crippen molar-refractivity contribution in [1.29, 1.82) is 0 Å². The van der Waals surface area contributed by atoms with Crippen LogP contribution in [0.3, 0.4) is 0 Å². The summed E-state index contributed by atoms with van der Waals surface area (Å²) in [5.74, 6) is 0. The van der Waals surface area contributed by atoms with Crippen molar-refractivity contribution in [2.45, 2.75) is 6.42 Å². The first-order valence-electron chi connectivity index (χ1n) is 4.33. The number of rotatable bonds is 2. The van der Waals surface area contributed by atoms with E-state index in [1.807, 2.05) is 29.9 Å². The standard InChI is InChI=1S/C10H10ClN3/c1-14-9(4-6-13-14)7-8-3-2-5-12-10(8)11/h2-6H,7H2,1H3. The van der Waals surface area contributed by atoms with E-state index in [1.54, 1.807) is 12.4 Å². The van der Waals surface area contributed by atoms with Crippen molar-refractivity contribution in [1.82, 2.24) is 14.8 Å². The molecule has 2 heterocycles. The fourth-order valence-electron chi connectivity index (χ4n) is 1.32. The Kier molecular flexibility index (Phi) is 2.50. The molecule has 2 aromatic heterocycles. The largest absolute Gasteiger partial charge is 0.272 e. The van der Waals surface area contributed by atoms with Gasteiger partial charge in [-0.1, -0.05) is 17.7 Å². The first-order chi connectivity index (χ1) is 6.77. The predicted molar refractivity (Wildman–Crippen MR) is 55.3 cm³/mol. The van der Waals surface area contributed by atoms with E-state index in [1.165, 1.54) is 0 Å². The first kappa shape index (κ1) is 9.21. The van der Waals surface area contributed by atoms with Crippen molar-refractivity contribution in [3.05, 3.63) is 47.0 Å². The molecule has 2 aromatic rings. The molecule has 0 saturated carbocycles. The van der Waals surface area contributed by atoms with Gasteiger partial charge >= 0.3 is 0 Å². The fourth-order valence-corrected chi connectivity index (χ4v) is 1.51. The summed E-state index contributed by atoms with van der Waals surface area (Å²) in [6.45, 7) is 0. The van der Waals surface area contributed by atoms with Crippen LogP contribution >= 0.6 is 11.6 Å². The van der Waals surface area contributed by atoms with Gasteiger partial charge in [-0.15, -0.1) is 0 Å². The van der Waals surface area contributed by atoms with Gasteiger partial charge in [0.05, 0.1) is 0 Å². The topological polar surface area (TPSA) is 30.7 Å². The highest BCUT2D eigenvalue weighted by atomic mass is 35.5. The minimum absolute atomic E-state index is 0.564. The number of nitrogens with zero attached hydrogens (tertiary/aromatic N) is 3. The van der Waals surface area contributed by atoms with Crippen LogP contribution in [0.25, 0.3) is 0 Å². The summed E-state index contributed by atoms with van der Waals surface area (Å²) < 4.78 is 1.84. The summed E-state index contributed by atoms with van der Waals surface area (Å²) in [6, 6.07) is 5.84. The molecule has 0 spiro atoms. The number of halogens is 1. The highest BCUT2D eigenvalue weighted by Gasteiger charge is 2.04. The molecule has 3 nitrogen and oxygen atoms in total. The Balaban J connectivity index is 2.28. The molecule has 0 atom stereocenters. The van der Waals surface area contributed by atoms with E-state index < -0.39 is 0 Å². The maximum atomic E-state index is 5.95. The van der Waals surface area contributed by atoms with Crippen LogP contribution in [0.1, 0.15) is 11.3 Å². The van der Waals surface area contributed by atoms with Crippen molar-refractivity contribution in [3.8, 4) is 0 Å². The lowest BCUT2D eigenvalue weighted by Gasteiger charge is -2.03. The van der Waals surface area contributed by atoms with E-state index in [-0.39, 0.29) is 0 Å². The maximum absolute atomic E-state index is 5.95. The number of hydrogen-bond acceptors (Lipinski definition) is 2. The molecule has 0 aliphatic heterocycles. The van der Waals surface area contributed by atoms with Crippen molar-refractivity contribution >= 4 is 11.6 Å². The van der Waals surface area contributed by atoms with Crippen molar-refractivity contribution in [2.24, 2.45) is 7.05 Å². The minimum atomic E-state index is 0.564. The normalized spacial score (nSPS) is 10.4. The Morgan fingerprint density at radius 3 is 2.86 bits per heavy atom.